The van der Waals surface area contributed by atoms with Crippen molar-refractivity contribution in [3.63, 3.8) is 0 Å². The minimum atomic E-state index is -0.863. The van der Waals surface area contributed by atoms with Gasteiger partial charge >= 0.3 is 5.97 Å². The molecule has 4 atom stereocenters. The molecule has 25 heavy (non-hydrogen) atoms. The van der Waals surface area contributed by atoms with E-state index in [4.69, 9.17) is 5.73 Å². The van der Waals surface area contributed by atoms with E-state index in [9.17, 15) is 9.90 Å². The highest BCUT2D eigenvalue weighted by Crippen LogP contribution is 2.62. The Kier molecular flexibility index (Phi) is 6.53. The molecule has 0 spiro atoms. The summed E-state index contributed by atoms with van der Waals surface area (Å²) in [6.45, 7) is 7.26. The normalized spacial score (nSPS) is 27.2. The summed E-state index contributed by atoms with van der Waals surface area (Å²) in [6.07, 6.45) is 11.9. The molecule has 0 amide bonds. The van der Waals surface area contributed by atoms with Crippen LogP contribution in [0.4, 0.5) is 0 Å². The smallest absolute Gasteiger partial charge is 0.316 e. The number of carboxylic acids is 1. The Balaban J connectivity index is 2.16. The summed E-state index contributed by atoms with van der Waals surface area (Å²) in [5.41, 5.74) is 5.68. The third kappa shape index (κ3) is 3.84. The number of hydrogen-bond acceptors (Lipinski definition) is 4. The number of aliphatic carboxylic acids is 1. The van der Waals surface area contributed by atoms with Crippen molar-refractivity contribution >= 4 is 12.2 Å². The van der Waals surface area contributed by atoms with Crippen molar-refractivity contribution in [1.29, 1.82) is 0 Å². The standard InChI is InChI=1S/C19H30N4O2/c1-4-7-15(11-20)10-16-14(3)19(16,18(24)25)17-12-23(13-22-17)9-6-8-21-5-2/h5-6,8,12-16H,4,7,9-11,20H2,1-3H3,(H,24,25)/b8-6-,21-5?. The molecule has 4 unspecified atom stereocenters. The lowest BCUT2D eigenvalue weighted by Gasteiger charge is -2.15. The van der Waals surface area contributed by atoms with E-state index in [1.54, 1.807) is 18.7 Å². The number of allylic oxidation sites excluding steroid dienone is 1. The van der Waals surface area contributed by atoms with Crippen LogP contribution in [0.2, 0.25) is 0 Å². The Hall–Kier alpha value is -1.95. The Morgan fingerprint density at radius 3 is 2.96 bits per heavy atom. The lowest BCUT2D eigenvalue weighted by molar-refractivity contribution is -0.141. The van der Waals surface area contributed by atoms with E-state index in [0.717, 1.165) is 19.3 Å². The molecule has 2 rings (SSSR count). The molecular weight excluding hydrogens is 316 g/mol. The molecule has 0 saturated heterocycles. The molecule has 1 aromatic heterocycles. The number of hydrogen-bond donors (Lipinski definition) is 2. The summed E-state index contributed by atoms with van der Waals surface area (Å²) in [5.74, 6) is -0.197. The number of aromatic nitrogens is 2. The Morgan fingerprint density at radius 1 is 1.60 bits per heavy atom. The highest BCUT2D eigenvalue weighted by atomic mass is 16.4. The van der Waals surface area contributed by atoms with Crippen LogP contribution in [0.15, 0.2) is 29.8 Å². The van der Waals surface area contributed by atoms with Gasteiger partial charge in [0.2, 0.25) is 0 Å². The van der Waals surface area contributed by atoms with Crippen molar-refractivity contribution < 1.29 is 9.90 Å². The van der Waals surface area contributed by atoms with Gasteiger partial charge in [0.25, 0.3) is 0 Å². The molecule has 0 bridgehead atoms. The fourth-order valence-electron chi connectivity index (χ4n) is 4.01. The summed E-state index contributed by atoms with van der Waals surface area (Å²) in [6, 6.07) is 0. The van der Waals surface area contributed by atoms with Crippen LogP contribution in [0.5, 0.6) is 0 Å². The Bertz CT molecular complexity index is 637. The zero-order valence-electron chi connectivity index (χ0n) is 15.4. The zero-order valence-corrected chi connectivity index (χ0v) is 15.4. The van der Waals surface area contributed by atoms with E-state index in [1.165, 1.54) is 0 Å². The van der Waals surface area contributed by atoms with Crippen molar-refractivity contribution in [1.82, 2.24) is 9.55 Å². The molecule has 0 radical (unpaired) electrons. The molecule has 0 aromatic carbocycles. The van der Waals surface area contributed by atoms with Crippen LogP contribution in [0.25, 0.3) is 0 Å². The van der Waals surface area contributed by atoms with Gasteiger partial charge in [0.05, 0.1) is 12.0 Å². The first-order chi connectivity index (χ1) is 12.0. The van der Waals surface area contributed by atoms with Crippen LogP contribution in [-0.4, -0.2) is 33.4 Å². The molecule has 138 valence electrons. The zero-order chi connectivity index (χ0) is 18.4. The number of imidazole rings is 1. The topological polar surface area (TPSA) is 93.5 Å². The lowest BCUT2D eigenvalue weighted by atomic mass is 9.91. The predicted molar refractivity (Wildman–Crippen MR) is 99.6 cm³/mol. The SMILES string of the molecule is CC=N/C=C\Cn1cnc(C2(C(=O)O)C(C)C2CC(CN)CCC)c1. The Morgan fingerprint density at radius 2 is 2.36 bits per heavy atom. The maximum atomic E-state index is 12.1. The molecule has 1 aliphatic carbocycles. The number of carboxylic acid groups (broad SMARTS) is 1. The quantitative estimate of drug-likeness (QED) is 0.637. The maximum absolute atomic E-state index is 12.1. The first-order valence-corrected chi connectivity index (χ1v) is 9.10. The van der Waals surface area contributed by atoms with Gasteiger partial charge in [0.1, 0.15) is 5.41 Å². The highest BCUT2D eigenvalue weighted by molar-refractivity contribution is 5.86. The molecular formula is C19H30N4O2. The second-order valence-corrected chi connectivity index (χ2v) is 6.94. The lowest BCUT2D eigenvalue weighted by Crippen LogP contribution is -2.26. The van der Waals surface area contributed by atoms with Gasteiger partial charge in [0, 0.05) is 25.2 Å². The Labute approximate surface area is 149 Å². The number of rotatable bonds is 10. The number of aliphatic imine (C=N–C) groups is 1. The number of nitrogens with zero attached hydrogens (tertiary/aromatic N) is 3. The number of carbonyl (C=O) groups is 1. The van der Waals surface area contributed by atoms with Gasteiger partial charge in [-0.15, -0.1) is 0 Å². The van der Waals surface area contributed by atoms with Crippen molar-refractivity contribution in [2.24, 2.45) is 28.5 Å². The third-order valence-electron chi connectivity index (χ3n) is 5.48. The minimum Gasteiger partial charge on any atom is -0.481 e. The summed E-state index contributed by atoms with van der Waals surface area (Å²) < 4.78 is 1.90. The van der Waals surface area contributed by atoms with Gasteiger partial charge in [-0.25, -0.2) is 4.98 Å². The van der Waals surface area contributed by atoms with Gasteiger partial charge in [-0.2, -0.15) is 0 Å². The van der Waals surface area contributed by atoms with Gasteiger partial charge in [-0.1, -0.05) is 20.3 Å². The van der Waals surface area contributed by atoms with Gasteiger partial charge in [-0.05, 0) is 50.1 Å². The summed E-state index contributed by atoms with van der Waals surface area (Å²) in [4.78, 5) is 20.6. The van der Waals surface area contributed by atoms with E-state index in [2.05, 4.69) is 16.9 Å². The second kappa shape index (κ2) is 8.43. The number of nitrogens with two attached hydrogens (primary N) is 1. The summed E-state index contributed by atoms with van der Waals surface area (Å²) in [5, 5.41) is 9.96. The van der Waals surface area contributed by atoms with Gasteiger partial charge in [0.15, 0.2) is 0 Å². The summed E-state index contributed by atoms with van der Waals surface area (Å²) >= 11 is 0. The molecule has 1 heterocycles. The third-order valence-corrected chi connectivity index (χ3v) is 5.48. The minimum absolute atomic E-state index is 0.0829. The average Bonchev–Trinajstić information content (AvgIpc) is 2.95. The van der Waals surface area contributed by atoms with E-state index < -0.39 is 11.4 Å². The first-order valence-electron chi connectivity index (χ1n) is 9.10. The molecule has 6 nitrogen and oxygen atoms in total. The van der Waals surface area contributed by atoms with E-state index in [-0.39, 0.29) is 11.8 Å². The van der Waals surface area contributed by atoms with E-state index in [1.807, 2.05) is 30.7 Å². The molecule has 1 aromatic rings. The molecule has 1 saturated carbocycles. The van der Waals surface area contributed by atoms with Crippen LogP contribution >= 0.6 is 0 Å². The highest BCUT2D eigenvalue weighted by Gasteiger charge is 2.69. The largest absolute Gasteiger partial charge is 0.481 e. The van der Waals surface area contributed by atoms with Gasteiger partial charge < -0.3 is 15.4 Å². The van der Waals surface area contributed by atoms with Crippen LogP contribution < -0.4 is 5.73 Å². The maximum Gasteiger partial charge on any atom is 0.316 e. The van der Waals surface area contributed by atoms with Crippen LogP contribution in [-0.2, 0) is 16.8 Å². The van der Waals surface area contributed by atoms with Gasteiger partial charge in [-0.3, -0.25) is 9.79 Å². The molecule has 0 aliphatic heterocycles. The van der Waals surface area contributed by atoms with Crippen molar-refractivity contribution in [3.05, 3.63) is 30.5 Å². The van der Waals surface area contributed by atoms with E-state index in [0.29, 0.717) is 24.7 Å². The fraction of sp³-hybridized carbons (Fsp3) is 0.632. The average molecular weight is 346 g/mol. The van der Waals surface area contributed by atoms with E-state index >= 15 is 0 Å². The molecule has 6 heteroatoms. The molecule has 3 N–H and O–H groups in total. The predicted octanol–water partition coefficient (Wildman–Crippen LogP) is 2.84. The van der Waals surface area contributed by atoms with Crippen LogP contribution in [0, 0.1) is 17.8 Å². The fourth-order valence-corrected chi connectivity index (χ4v) is 4.01. The van der Waals surface area contributed by atoms with Crippen molar-refractivity contribution in [2.45, 2.75) is 52.0 Å². The molecule has 1 aliphatic rings. The van der Waals surface area contributed by atoms with Crippen LogP contribution in [0.3, 0.4) is 0 Å². The monoisotopic (exact) mass is 346 g/mol. The summed E-state index contributed by atoms with van der Waals surface area (Å²) in [7, 11) is 0. The van der Waals surface area contributed by atoms with Crippen molar-refractivity contribution in [2.75, 3.05) is 6.54 Å². The molecule has 1 fully saturated rings. The van der Waals surface area contributed by atoms with Crippen LogP contribution in [0.1, 0.15) is 45.7 Å². The second-order valence-electron chi connectivity index (χ2n) is 6.94. The van der Waals surface area contributed by atoms with Crippen molar-refractivity contribution in [3.8, 4) is 0 Å². The first kappa shape index (κ1) is 19.4.